The summed E-state index contributed by atoms with van der Waals surface area (Å²) in [4.78, 5) is 13.2. The predicted octanol–water partition coefficient (Wildman–Crippen LogP) is 3.77. The molecule has 2 aromatic carbocycles. The third-order valence-electron chi connectivity index (χ3n) is 5.76. The number of hydrogen-bond acceptors (Lipinski definition) is 8. The standard InChI is InChI=1S/C23H22N2O7/c1-27-18-9-14(10-19(28-2)21(18)29-3)24-22(26)23(6-7-23)20-11-16(32-25-20)13-4-5-15-17(8-13)31-12-30-15/h4-5,8-11H,6-7,12H2,1-3H3,(H,24,26). The summed E-state index contributed by atoms with van der Waals surface area (Å²) in [5.74, 6) is 3.11. The van der Waals surface area contributed by atoms with Crippen LogP contribution in [0.4, 0.5) is 5.69 Å². The predicted molar refractivity (Wildman–Crippen MR) is 114 cm³/mol. The van der Waals surface area contributed by atoms with E-state index >= 15 is 0 Å². The topological polar surface area (TPSA) is 101 Å². The molecule has 0 saturated heterocycles. The smallest absolute Gasteiger partial charge is 0.236 e. The number of anilines is 1. The number of ether oxygens (including phenoxy) is 5. The van der Waals surface area contributed by atoms with Gasteiger partial charge in [0.15, 0.2) is 28.8 Å². The Labute approximate surface area is 184 Å². The van der Waals surface area contributed by atoms with Gasteiger partial charge in [-0.25, -0.2) is 0 Å². The number of methoxy groups -OCH3 is 3. The van der Waals surface area contributed by atoms with Gasteiger partial charge in [0.1, 0.15) is 0 Å². The highest BCUT2D eigenvalue weighted by Gasteiger charge is 2.54. The van der Waals surface area contributed by atoms with Crippen LogP contribution in [0.2, 0.25) is 0 Å². The van der Waals surface area contributed by atoms with Gasteiger partial charge in [0.2, 0.25) is 18.4 Å². The average Bonchev–Trinajstić information content (AvgIpc) is 3.25. The highest BCUT2D eigenvalue weighted by molar-refractivity contribution is 6.01. The molecule has 5 rings (SSSR count). The van der Waals surface area contributed by atoms with E-state index in [2.05, 4.69) is 10.5 Å². The van der Waals surface area contributed by atoms with E-state index < -0.39 is 5.41 Å². The minimum absolute atomic E-state index is 0.169. The molecule has 0 radical (unpaired) electrons. The van der Waals surface area contributed by atoms with Crippen molar-refractivity contribution in [2.75, 3.05) is 33.4 Å². The Morgan fingerprint density at radius 2 is 1.69 bits per heavy atom. The van der Waals surface area contributed by atoms with E-state index in [0.717, 1.165) is 5.56 Å². The number of carbonyl (C=O) groups excluding carboxylic acids is 1. The number of nitrogens with zero attached hydrogens (tertiary/aromatic N) is 1. The molecule has 1 amide bonds. The minimum Gasteiger partial charge on any atom is -0.493 e. The maximum atomic E-state index is 13.2. The summed E-state index contributed by atoms with van der Waals surface area (Å²) in [6.45, 7) is 0.199. The van der Waals surface area contributed by atoms with Gasteiger partial charge in [0.25, 0.3) is 0 Å². The fourth-order valence-electron chi connectivity index (χ4n) is 3.82. The summed E-state index contributed by atoms with van der Waals surface area (Å²) in [6.07, 6.45) is 1.35. The van der Waals surface area contributed by atoms with Gasteiger partial charge in [-0.15, -0.1) is 0 Å². The molecule has 0 unspecified atom stereocenters. The molecular formula is C23H22N2O7. The van der Waals surface area contributed by atoms with Crippen molar-refractivity contribution in [1.29, 1.82) is 0 Å². The van der Waals surface area contributed by atoms with E-state index in [4.69, 9.17) is 28.2 Å². The van der Waals surface area contributed by atoms with Crippen LogP contribution in [0.3, 0.4) is 0 Å². The number of benzene rings is 2. The molecule has 1 fully saturated rings. The number of nitrogens with one attached hydrogen (secondary N) is 1. The van der Waals surface area contributed by atoms with E-state index in [0.29, 0.717) is 58.7 Å². The molecule has 2 aliphatic rings. The van der Waals surface area contributed by atoms with Crippen molar-refractivity contribution < 1.29 is 33.0 Å². The van der Waals surface area contributed by atoms with Gasteiger partial charge in [-0.05, 0) is 31.0 Å². The van der Waals surface area contributed by atoms with Gasteiger partial charge in [-0.2, -0.15) is 0 Å². The second-order valence-electron chi connectivity index (χ2n) is 7.59. The molecule has 166 valence electrons. The second kappa shape index (κ2) is 7.67. The van der Waals surface area contributed by atoms with Gasteiger partial charge in [0, 0.05) is 29.4 Å². The van der Waals surface area contributed by atoms with Gasteiger partial charge >= 0.3 is 0 Å². The third kappa shape index (κ3) is 3.26. The number of amides is 1. The van der Waals surface area contributed by atoms with Crippen molar-refractivity contribution in [2.24, 2.45) is 0 Å². The van der Waals surface area contributed by atoms with Crippen molar-refractivity contribution >= 4 is 11.6 Å². The first-order valence-electron chi connectivity index (χ1n) is 10.1. The number of fused-ring (bicyclic) bond motifs is 1. The Kier molecular flexibility index (Phi) is 4.80. The van der Waals surface area contributed by atoms with Gasteiger partial charge in [0.05, 0.1) is 32.4 Å². The third-order valence-corrected chi connectivity index (χ3v) is 5.76. The summed E-state index contributed by atoms with van der Waals surface area (Å²) in [5.41, 5.74) is 1.19. The van der Waals surface area contributed by atoms with Crippen molar-refractivity contribution in [3.05, 3.63) is 42.1 Å². The molecule has 1 saturated carbocycles. The molecule has 1 N–H and O–H groups in total. The molecule has 0 atom stereocenters. The fourth-order valence-corrected chi connectivity index (χ4v) is 3.82. The summed E-state index contributed by atoms with van der Waals surface area (Å²) < 4.78 is 32.4. The minimum atomic E-state index is -0.738. The molecule has 1 aliphatic carbocycles. The van der Waals surface area contributed by atoms with Crippen LogP contribution in [0.15, 0.2) is 40.9 Å². The van der Waals surface area contributed by atoms with Crippen LogP contribution in [-0.2, 0) is 10.2 Å². The molecule has 32 heavy (non-hydrogen) atoms. The highest BCUT2D eigenvalue weighted by atomic mass is 16.7. The quantitative estimate of drug-likeness (QED) is 0.595. The fraction of sp³-hybridized carbons (Fsp3) is 0.304. The normalized spacial score (nSPS) is 15.2. The van der Waals surface area contributed by atoms with E-state index in [-0.39, 0.29) is 12.7 Å². The lowest BCUT2D eigenvalue weighted by molar-refractivity contribution is -0.118. The van der Waals surface area contributed by atoms with Crippen molar-refractivity contribution in [3.63, 3.8) is 0 Å². The lowest BCUT2D eigenvalue weighted by Crippen LogP contribution is -2.28. The van der Waals surface area contributed by atoms with Crippen LogP contribution in [0.5, 0.6) is 28.7 Å². The second-order valence-corrected chi connectivity index (χ2v) is 7.59. The Balaban J connectivity index is 1.39. The SMILES string of the molecule is COc1cc(NC(=O)C2(c3cc(-c4ccc5c(c4)OCO5)on3)CC2)cc(OC)c1OC. The van der Waals surface area contributed by atoms with Gasteiger partial charge < -0.3 is 33.5 Å². The van der Waals surface area contributed by atoms with Gasteiger partial charge in [-0.3, -0.25) is 4.79 Å². The molecule has 3 aromatic rings. The Morgan fingerprint density at radius 1 is 0.969 bits per heavy atom. The average molecular weight is 438 g/mol. The number of aromatic nitrogens is 1. The number of hydrogen-bond donors (Lipinski definition) is 1. The summed E-state index contributed by atoms with van der Waals surface area (Å²) in [5, 5.41) is 7.15. The van der Waals surface area contributed by atoms with Crippen LogP contribution >= 0.6 is 0 Å². The largest absolute Gasteiger partial charge is 0.493 e. The highest BCUT2D eigenvalue weighted by Crippen LogP contribution is 2.50. The molecule has 1 aliphatic heterocycles. The van der Waals surface area contributed by atoms with Crippen LogP contribution < -0.4 is 29.0 Å². The summed E-state index contributed by atoms with van der Waals surface area (Å²) in [6, 6.07) is 10.7. The number of carbonyl (C=O) groups is 1. The molecule has 0 spiro atoms. The Morgan fingerprint density at radius 3 is 2.34 bits per heavy atom. The van der Waals surface area contributed by atoms with E-state index in [9.17, 15) is 4.79 Å². The Hall–Kier alpha value is -3.88. The van der Waals surface area contributed by atoms with Crippen LogP contribution in [0, 0.1) is 0 Å². The lowest BCUT2D eigenvalue weighted by atomic mass is 10.00. The van der Waals surface area contributed by atoms with Crippen LogP contribution in [-0.4, -0.2) is 39.2 Å². The lowest BCUT2D eigenvalue weighted by Gasteiger charge is -2.16. The van der Waals surface area contributed by atoms with E-state index in [1.165, 1.54) is 21.3 Å². The molecule has 1 aromatic heterocycles. The zero-order valence-electron chi connectivity index (χ0n) is 17.9. The van der Waals surface area contributed by atoms with E-state index in [1.807, 2.05) is 18.2 Å². The van der Waals surface area contributed by atoms with Crippen LogP contribution in [0.25, 0.3) is 11.3 Å². The maximum Gasteiger partial charge on any atom is 0.236 e. The Bertz CT molecular complexity index is 1160. The molecule has 9 heteroatoms. The maximum absolute atomic E-state index is 13.2. The molecule has 9 nitrogen and oxygen atoms in total. The summed E-state index contributed by atoms with van der Waals surface area (Å²) in [7, 11) is 4.58. The first kappa shape index (κ1) is 20.0. The van der Waals surface area contributed by atoms with Crippen LogP contribution in [0.1, 0.15) is 18.5 Å². The number of rotatable bonds is 7. The van der Waals surface area contributed by atoms with Gasteiger partial charge in [-0.1, -0.05) is 5.16 Å². The van der Waals surface area contributed by atoms with Crippen molar-refractivity contribution in [3.8, 4) is 40.1 Å². The zero-order valence-corrected chi connectivity index (χ0v) is 17.9. The van der Waals surface area contributed by atoms with E-state index in [1.54, 1.807) is 18.2 Å². The van der Waals surface area contributed by atoms with Crippen molar-refractivity contribution in [1.82, 2.24) is 5.16 Å². The zero-order chi connectivity index (χ0) is 22.3. The molecule has 0 bridgehead atoms. The van der Waals surface area contributed by atoms with Crippen molar-refractivity contribution in [2.45, 2.75) is 18.3 Å². The first-order valence-corrected chi connectivity index (χ1v) is 10.1. The molecular weight excluding hydrogens is 416 g/mol. The summed E-state index contributed by atoms with van der Waals surface area (Å²) >= 11 is 0. The molecule has 2 heterocycles. The first-order chi connectivity index (χ1) is 15.6. The monoisotopic (exact) mass is 438 g/mol.